The zero-order chi connectivity index (χ0) is 30.1. The number of ether oxygens (including phenoxy) is 2. The van der Waals surface area contributed by atoms with Gasteiger partial charge in [-0.2, -0.15) is 0 Å². The normalized spacial score (nSPS) is 14.4. The minimum atomic E-state index is -1.07. The Morgan fingerprint density at radius 2 is 1.91 bits per heavy atom. The molecule has 0 bridgehead atoms. The molecule has 13 heteroatoms. The molecule has 43 heavy (non-hydrogen) atoms. The highest BCUT2D eigenvalue weighted by Crippen LogP contribution is 2.29. The van der Waals surface area contributed by atoms with E-state index < -0.39 is 23.5 Å². The van der Waals surface area contributed by atoms with Gasteiger partial charge in [0.15, 0.2) is 0 Å². The number of nitrogens with two attached hydrogens (primary N) is 1. The Kier molecular flexibility index (Phi) is 7.47. The number of benzene rings is 2. The average Bonchev–Trinajstić information content (AvgIpc) is 3.31. The van der Waals surface area contributed by atoms with Crippen molar-refractivity contribution in [2.24, 2.45) is 5.73 Å². The maximum absolute atomic E-state index is 15.4. The Balaban J connectivity index is 1.24. The summed E-state index contributed by atoms with van der Waals surface area (Å²) in [4.78, 5) is 39.6. The van der Waals surface area contributed by atoms with E-state index in [0.717, 1.165) is 18.6 Å². The SMILES string of the molecule is NC(=O)c1cnc(COc2cccc(-c3cc(F)c(Cc4nc5ccc(C(=O)O)cc5n4C[C@@H]4CCO4)cc3F)n2)cn1. The summed E-state index contributed by atoms with van der Waals surface area (Å²) in [5.41, 5.74) is 7.01. The third-order valence-corrected chi connectivity index (χ3v) is 7.06. The monoisotopic (exact) mass is 586 g/mol. The minimum Gasteiger partial charge on any atom is -0.478 e. The molecular formula is C30H24F2N6O5. The largest absolute Gasteiger partial charge is 0.478 e. The molecule has 0 radical (unpaired) electrons. The zero-order valence-corrected chi connectivity index (χ0v) is 22.5. The lowest BCUT2D eigenvalue weighted by molar-refractivity contribution is -0.0589. The molecule has 6 rings (SSSR count). The number of imidazole rings is 1. The zero-order valence-electron chi connectivity index (χ0n) is 22.5. The first kappa shape index (κ1) is 27.8. The standard InChI is InChI=1S/C30H24F2N6O5/c31-21-11-20(23-2-1-3-28(37-23)43-15-18-12-35-25(13-34-18)29(33)39)22(32)8-17(21)10-27-36-24-5-4-16(30(40)41)9-26(24)38(27)14-19-6-7-42-19/h1-5,8-9,11-13,19H,6-7,10,14-15H2,(H2,33,39)(H,40,41)/t19-/m0/s1. The number of hydrogen-bond acceptors (Lipinski definition) is 8. The maximum atomic E-state index is 15.4. The fourth-order valence-corrected chi connectivity index (χ4v) is 4.72. The number of pyridine rings is 1. The van der Waals surface area contributed by atoms with E-state index in [1.54, 1.807) is 18.2 Å². The van der Waals surface area contributed by atoms with E-state index in [9.17, 15) is 14.7 Å². The van der Waals surface area contributed by atoms with Gasteiger partial charge in [0, 0.05) is 24.7 Å². The number of aromatic carboxylic acids is 1. The van der Waals surface area contributed by atoms with Gasteiger partial charge in [-0.25, -0.2) is 28.5 Å². The molecule has 0 aliphatic carbocycles. The van der Waals surface area contributed by atoms with Gasteiger partial charge in [-0.3, -0.25) is 9.78 Å². The van der Waals surface area contributed by atoms with Gasteiger partial charge in [-0.05, 0) is 48.4 Å². The molecule has 3 aromatic heterocycles. The topological polar surface area (TPSA) is 155 Å². The van der Waals surface area contributed by atoms with Gasteiger partial charge in [-0.1, -0.05) is 6.07 Å². The number of carboxylic acid groups (broad SMARTS) is 1. The number of carbonyl (C=O) groups is 2. The van der Waals surface area contributed by atoms with Crippen LogP contribution in [-0.2, 0) is 24.3 Å². The number of nitrogens with zero attached hydrogens (tertiary/aromatic N) is 5. The molecule has 1 aliphatic heterocycles. The van der Waals surface area contributed by atoms with Crippen molar-refractivity contribution >= 4 is 22.9 Å². The lowest BCUT2D eigenvalue weighted by Gasteiger charge is -2.27. The van der Waals surface area contributed by atoms with Gasteiger partial charge < -0.3 is 24.9 Å². The lowest BCUT2D eigenvalue weighted by Crippen LogP contribution is -2.31. The van der Waals surface area contributed by atoms with Gasteiger partial charge in [0.2, 0.25) is 5.88 Å². The van der Waals surface area contributed by atoms with E-state index in [4.69, 9.17) is 15.2 Å². The maximum Gasteiger partial charge on any atom is 0.335 e. The van der Waals surface area contributed by atoms with Gasteiger partial charge >= 0.3 is 5.97 Å². The number of hydrogen-bond donors (Lipinski definition) is 2. The van der Waals surface area contributed by atoms with Crippen LogP contribution in [0.5, 0.6) is 5.88 Å². The molecule has 0 saturated carbocycles. The van der Waals surface area contributed by atoms with E-state index >= 15 is 8.78 Å². The highest BCUT2D eigenvalue weighted by Gasteiger charge is 2.23. The van der Waals surface area contributed by atoms with Crippen LogP contribution in [0.4, 0.5) is 8.78 Å². The smallest absolute Gasteiger partial charge is 0.335 e. The quantitative estimate of drug-likeness (QED) is 0.248. The van der Waals surface area contributed by atoms with Gasteiger partial charge in [-0.15, -0.1) is 0 Å². The molecule has 3 N–H and O–H groups in total. The second-order valence-corrected chi connectivity index (χ2v) is 9.94. The molecule has 1 aliphatic rings. The molecule has 1 amide bonds. The van der Waals surface area contributed by atoms with Crippen LogP contribution in [-0.4, -0.2) is 54.2 Å². The fourth-order valence-electron chi connectivity index (χ4n) is 4.72. The van der Waals surface area contributed by atoms with E-state index in [-0.39, 0.29) is 53.1 Å². The van der Waals surface area contributed by atoms with Crippen LogP contribution in [0.2, 0.25) is 0 Å². The summed E-state index contributed by atoms with van der Waals surface area (Å²) in [6.45, 7) is 1.01. The molecule has 5 aromatic rings. The Labute approximate surface area is 243 Å². The Morgan fingerprint density at radius 1 is 1.07 bits per heavy atom. The van der Waals surface area contributed by atoms with Crippen LogP contribution in [0.25, 0.3) is 22.3 Å². The molecule has 1 saturated heterocycles. The summed E-state index contributed by atoms with van der Waals surface area (Å²) in [6.07, 6.45) is 3.31. The Hall–Kier alpha value is -5.30. The first-order valence-corrected chi connectivity index (χ1v) is 13.3. The summed E-state index contributed by atoms with van der Waals surface area (Å²) in [5.74, 6) is -2.51. The number of primary amides is 1. The molecule has 1 atom stereocenters. The fraction of sp³-hybridized carbons (Fsp3) is 0.200. The van der Waals surface area contributed by atoms with Crippen LogP contribution in [0.15, 0.2) is 60.9 Å². The van der Waals surface area contributed by atoms with Gasteiger partial charge in [0.1, 0.15) is 29.8 Å². The van der Waals surface area contributed by atoms with E-state index in [1.165, 1.54) is 30.6 Å². The van der Waals surface area contributed by atoms with Crippen molar-refractivity contribution in [3.63, 3.8) is 0 Å². The van der Waals surface area contributed by atoms with Crippen LogP contribution in [0.3, 0.4) is 0 Å². The van der Waals surface area contributed by atoms with Crippen LogP contribution in [0, 0.1) is 11.6 Å². The summed E-state index contributed by atoms with van der Waals surface area (Å²) < 4.78 is 43.9. The highest BCUT2D eigenvalue weighted by molar-refractivity contribution is 5.92. The predicted molar refractivity (Wildman–Crippen MR) is 148 cm³/mol. The number of amides is 1. The Morgan fingerprint density at radius 3 is 2.60 bits per heavy atom. The number of rotatable bonds is 10. The second-order valence-electron chi connectivity index (χ2n) is 9.94. The van der Waals surface area contributed by atoms with Crippen LogP contribution >= 0.6 is 0 Å². The van der Waals surface area contributed by atoms with Crippen molar-refractivity contribution in [2.45, 2.75) is 32.1 Å². The van der Waals surface area contributed by atoms with Gasteiger partial charge in [0.25, 0.3) is 5.91 Å². The second kappa shape index (κ2) is 11.5. The molecule has 218 valence electrons. The highest BCUT2D eigenvalue weighted by atomic mass is 19.1. The molecule has 0 spiro atoms. The molecule has 2 aromatic carbocycles. The third-order valence-electron chi connectivity index (χ3n) is 7.06. The van der Waals surface area contributed by atoms with E-state index in [1.807, 2.05) is 4.57 Å². The number of aromatic nitrogens is 5. The summed E-state index contributed by atoms with van der Waals surface area (Å²) >= 11 is 0. The number of carboxylic acids is 1. The molecule has 0 unspecified atom stereocenters. The van der Waals surface area contributed by atoms with Crippen molar-refractivity contribution in [3.8, 4) is 17.1 Å². The lowest BCUT2D eigenvalue weighted by atomic mass is 10.0. The van der Waals surface area contributed by atoms with Crippen molar-refractivity contribution < 1.29 is 33.0 Å². The van der Waals surface area contributed by atoms with Crippen molar-refractivity contribution in [1.82, 2.24) is 24.5 Å². The first-order chi connectivity index (χ1) is 20.7. The van der Waals surface area contributed by atoms with Crippen molar-refractivity contribution in [2.75, 3.05) is 6.61 Å². The van der Waals surface area contributed by atoms with E-state index in [2.05, 4.69) is 19.9 Å². The minimum absolute atomic E-state index is 0.0155. The van der Waals surface area contributed by atoms with Crippen LogP contribution in [0.1, 0.15) is 44.3 Å². The van der Waals surface area contributed by atoms with E-state index in [0.29, 0.717) is 35.7 Å². The molecule has 1 fully saturated rings. The molecular weight excluding hydrogens is 562 g/mol. The number of fused-ring (bicyclic) bond motifs is 1. The van der Waals surface area contributed by atoms with Crippen LogP contribution < -0.4 is 10.5 Å². The summed E-state index contributed by atoms with van der Waals surface area (Å²) in [6, 6.07) is 11.5. The number of halogens is 2. The predicted octanol–water partition coefficient (Wildman–Crippen LogP) is 3.92. The van der Waals surface area contributed by atoms with Crippen molar-refractivity contribution in [3.05, 3.63) is 101 Å². The Bertz CT molecular complexity index is 1860. The van der Waals surface area contributed by atoms with Crippen molar-refractivity contribution in [1.29, 1.82) is 0 Å². The average molecular weight is 587 g/mol. The first-order valence-electron chi connectivity index (χ1n) is 13.3. The van der Waals surface area contributed by atoms with Gasteiger partial charge in [0.05, 0.1) is 53.0 Å². The number of carbonyl (C=O) groups excluding carboxylic acids is 1. The molecule has 4 heterocycles. The summed E-state index contributed by atoms with van der Waals surface area (Å²) in [5, 5.41) is 9.45. The third kappa shape index (κ3) is 5.88. The molecule has 11 nitrogen and oxygen atoms in total. The summed E-state index contributed by atoms with van der Waals surface area (Å²) in [7, 11) is 0.